The third-order valence-electron chi connectivity index (χ3n) is 1.00. The Hall–Kier alpha value is -0.520. The topological polar surface area (TPSA) is 0 Å². The van der Waals surface area contributed by atoms with Gasteiger partial charge in [0.1, 0.15) is 0 Å². The van der Waals surface area contributed by atoms with Gasteiger partial charge in [-0.1, -0.05) is 24.3 Å². The molecule has 0 amide bonds. The Morgan fingerprint density at radius 1 is 1.00 bits per heavy atom. The highest BCUT2D eigenvalue weighted by Crippen LogP contribution is 1.92. The summed E-state index contributed by atoms with van der Waals surface area (Å²) in [6.07, 6.45) is 11.2. The Morgan fingerprint density at radius 3 is 2.22 bits per heavy atom. The molecule has 0 aliphatic rings. The number of unbranched alkanes of at least 4 members (excludes halogenated alkanes) is 1. The highest BCUT2D eigenvalue weighted by atomic mass is 13.8. The number of hydrogen-bond donors (Lipinski definition) is 0. The summed E-state index contributed by atoms with van der Waals surface area (Å²) in [5.74, 6) is 0. The molecule has 0 atom stereocenters. The molecule has 0 aromatic heterocycles. The standard InChI is InChI=1S/C9H14/c1-3-5-7-9-8-6-4-2/h3,5-6,8H,1-2,4,7,9H2. The Morgan fingerprint density at radius 2 is 1.67 bits per heavy atom. The van der Waals surface area contributed by atoms with Crippen molar-refractivity contribution in [1.29, 1.82) is 0 Å². The average Bonchev–Trinajstić information content (AvgIpc) is 1.89. The van der Waals surface area contributed by atoms with E-state index in [-0.39, 0.29) is 0 Å². The van der Waals surface area contributed by atoms with E-state index in [2.05, 4.69) is 32.1 Å². The average molecular weight is 122 g/mol. The summed E-state index contributed by atoms with van der Waals surface area (Å²) in [6, 6.07) is 0. The number of rotatable bonds is 4. The van der Waals surface area contributed by atoms with Crippen LogP contribution in [0.15, 0.2) is 24.3 Å². The van der Waals surface area contributed by atoms with Crippen LogP contribution in [0.5, 0.6) is 0 Å². The smallest absolute Gasteiger partial charge is 0.0316 e. The Balaban J connectivity index is 2.99. The maximum absolute atomic E-state index is 3.69. The van der Waals surface area contributed by atoms with Gasteiger partial charge in [0.2, 0.25) is 0 Å². The molecule has 0 aliphatic heterocycles. The van der Waals surface area contributed by atoms with E-state index < -0.39 is 0 Å². The molecule has 0 bridgehead atoms. The first-order valence-electron chi connectivity index (χ1n) is 3.30. The molecule has 0 saturated heterocycles. The highest BCUT2D eigenvalue weighted by molar-refractivity contribution is 4.89. The van der Waals surface area contributed by atoms with E-state index in [4.69, 9.17) is 0 Å². The van der Waals surface area contributed by atoms with Crippen molar-refractivity contribution in [1.82, 2.24) is 0 Å². The molecule has 0 N–H and O–H groups in total. The van der Waals surface area contributed by atoms with Crippen molar-refractivity contribution < 1.29 is 0 Å². The van der Waals surface area contributed by atoms with Gasteiger partial charge in [0.05, 0.1) is 0 Å². The van der Waals surface area contributed by atoms with Gasteiger partial charge in [0.15, 0.2) is 0 Å². The molecule has 2 radical (unpaired) electrons. The molecular weight excluding hydrogens is 108 g/mol. The van der Waals surface area contributed by atoms with Crippen molar-refractivity contribution in [3.63, 3.8) is 0 Å². The maximum atomic E-state index is 3.69. The second-order valence-electron chi connectivity index (χ2n) is 1.81. The minimum atomic E-state index is 0.897. The van der Waals surface area contributed by atoms with Gasteiger partial charge in [-0.3, -0.25) is 0 Å². The molecule has 9 heavy (non-hydrogen) atoms. The predicted molar refractivity (Wildman–Crippen MR) is 42.8 cm³/mol. The van der Waals surface area contributed by atoms with E-state index in [1.54, 1.807) is 0 Å². The molecule has 0 aromatic carbocycles. The van der Waals surface area contributed by atoms with Crippen LogP contribution in [0.4, 0.5) is 0 Å². The van der Waals surface area contributed by atoms with Gasteiger partial charge >= 0.3 is 0 Å². The summed E-state index contributed by atoms with van der Waals surface area (Å²) >= 11 is 0. The summed E-state index contributed by atoms with van der Waals surface area (Å²) in [4.78, 5) is 0. The van der Waals surface area contributed by atoms with E-state index >= 15 is 0 Å². The molecular formula is C9H14. The van der Waals surface area contributed by atoms with Crippen LogP contribution in [0.2, 0.25) is 0 Å². The van der Waals surface area contributed by atoms with Crippen molar-refractivity contribution in [2.24, 2.45) is 0 Å². The molecule has 0 rings (SSSR count). The summed E-state index contributed by atoms with van der Waals surface area (Å²) in [7, 11) is 0. The fourth-order valence-corrected chi connectivity index (χ4v) is 0.546. The van der Waals surface area contributed by atoms with Crippen LogP contribution in [0.25, 0.3) is 0 Å². The largest absolute Gasteiger partial charge is 0.0885 e. The second kappa shape index (κ2) is 7.48. The van der Waals surface area contributed by atoms with E-state index in [1.165, 1.54) is 0 Å². The molecule has 0 aromatic rings. The normalized spacial score (nSPS) is 11.8. The Labute approximate surface area is 58.3 Å². The molecule has 0 nitrogen and oxygen atoms in total. The molecule has 50 valence electrons. The SMILES string of the molecule is [CH2]C=CCCC=CC[CH2]. The minimum absolute atomic E-state index is 0.897. The van der Waals surface area contributed by atoms with Gasteiger partial charge < -0.3 is 0 Å². The first-order valence-corrected chi connectivity index (χ1v) is 3.30. The third-order valence-corrected chi connectivity index (χ3v) is 1.00. The van der Waals surface area contributed by atoms with E-state index in [1.807, 2.05) is 6.08 Å². The first-order chi connectivity index (χ1) is 4.41. The zero-order valence-corrected chi connectivity index (χ0v) is 5.84. The minimum Gasteiger partial charge on any atom is -0.0885 e. The van der Waals surface area contributed by atoms with Gasteiger partial charge in [-0.2, -0.15) is 0 Å². The summed E-state index contributed by atoms with van der Waals surface area (Å²) in [5.41, 5.74) is 0. The van der Waals surface area contributed by atoms with Crippen LogP contribution in [0.1, 0.15) is 19.3 Å². The third kappa shape index (κ3) is 7.48. The lowest BCUT2D eigenvalue weighted by atomic mass is 10.2. The lowest BCUT2D eigenvalue weighted by Crippen LogP contribution is -1.62. The summed E-state index contributed by atoms with van der Waals surface area (Å²) in [6.45, 7) is 7.27. The van der Waals surface area contributed by atoms with Crippen LogP contribution in [-0.2, 0) is 0 Å². The van der Waals surface area contributed by atoms with E-state index in [0.717, 1.165) is 19.3 Å². The zero-order valence-electron chi connectivity index (χ0n) is 5.84. The number of allylic oxidation sites excluding steroid dienone is 4. The first kappa shape index (κ1) is 8.48. The van der Waals surface area contributed by atoms with Crippen molar-refractivity contribution in [3.8, 4) is 0 Å². The monoisotopic (exact) mass is 122 g/mol. The molecule has 0 heterocycles. The van der Waals surface area contributed by atoms with Gasteiger partial charge in [0, 0.05) is 0 Å². The van der Waals surface area contributed by atoms with E-state index in [9.17, 15) is 0 Å². The fourth-order valence-electron chi connectivity index (χ4n) is 0.546. The van der Waals surface area contributed by atoms with Crippen LogP contribution >= 0.6 is 0 Å². The quantitative estimate of drug-likeness (QED) is 0.397. The predicted octanol–water partition coefficient (Wildman–Crippen LogP) is 2.94. The maximum Gasteiger partial charge on any atom is -0.0316 e. The van der Waals surface area contributed by atoms with Gasteiger partial charge in [0.25, 0.3) is 0 Å². The number of hydrogen-bond acceptors (Lipinski definition) is 0. The molecule has 0 spiro atoms. The zero-order chi connectivity index (χ0) is 6.95. The van der Waals surface area contributed by atoms with Gasteiger partial charge in [-0.15, -0.1) is 0 Å². The van der Waals surface area contributed by atoms with Crippen LogP contribution in [-0.4, -0.2) is 0 Å². The van der Waals surface area contributed by atoms with Crippen molar-refractivity contribution in [3.05, 3.63) is 38.2 Å². The molecule has 0 heteroatoms. The second-order valence-corrected chi connectivity index (χ2v) is 1.81. The van der Waals surface area contributed by atoms with Crippen molar-refractivity contribution >= 4 is 0 Å². The lowest BCUT2D eigenvalue weighted by molar-refractivity contribution is 1.04. The molecule has 0 fully saturated rings. The lowest BCUT2D eigenvalue weighted by Gasteiger charge is -1.83. The highest BCUT2D eigenvalue weighted by Gasteiger charge is 1.72. The van der Waals surface area contributed by atoms with Gasteiger partial charge in [-0.25, -0.2) is 0 Å². The van der Waals surface area contributed by atoms with Gasteiger partial charge in [-0.05, 0) is 33.1 Å². The molecule has 0 unspecified atom stereocenters. The van der Waals surface area contributed by atoms with Crippen LogP contribution in [0.3, 0.4) is 0 Å². The fraction of sp³-hybridized carbons (Fsp3) is 0.333. The van der Waals surface area contributed by atoms with E-state index in [0.29, 0.717) is 0 Å². The van der Waals surface area contributed by atoms with Crippen molar-refractivity contribution in [2.45, 2.75) is 19.3 Å². The van der Waals surface area contributed by atoms with Crippen molar-refractivity contribution in [2.75, 3.05) is 0 Å². The molecule has 0 aliphatic carbocycles. The summed E-state index contributed by atoms with van der Waals surface area (Å²) < 4.78 is 0. The molecule has 0 saturated carbocycles. The Bertz CT molecular complexity index is 88.2. The summed E-state index contributed by atoms with van der Waals surface area (Å²) in [5, 5.41) is 0. The van der Waals surface area contributed by atoms with Crippen LogP contribution in [0, 0.1) is 13.8 Å². The van der Waals surface area contributed by atoms with Crippen LogP contribution < -0.4 is 0 Å². The Kier molecular flexibility index (Phi) is 7.05.